The number of ether oxygens (including phenoxy) is 1. The summed E-state index contributed by atoms with van der Waals surface area (Å²) >= 11 is 0. The first kappa shape index (κ1) is 27.3. The van der Waals surface area contributed by atoms with Crippen molar-refractivity contribution < 1.29 is 4.74 Å². The van der Waals surface area contributed by atoms with Crippen molar-refractivity contribution >= 4 is 47.7 Å². The normalized spacial score (nSPS) is 20.2. The van der Waals surface area contributed by atoms with E-state index < -0.39 is 0 Å². The Balaban J connectivity index is 0.00000171. The molecule has 2 heterocycles. The van der Waals surface area contributed by atoms with E-state index in [9.17, 15) is 0 Å². The van der Waals surface area contributed by atoms with Crippen LogP contribution in [0.1, 0.15) is 63.0 Å². The molecule has 8 nitrogen and oxygen atoms in total. The lowest BCUT2D eigenvalue weighted by Gasteiger charge is -2.27. The average Bonchev–Trinajstić information content (AvgIpc) is 3.51. The smallest absolute Gasteiger partial charge is 0.227 e. The van der Waals surface area contributed by atoms with E-state index in [1.807, 2.05) is 18.5 Å². The van der Waals surface area contributed by atoms with Gasteiger partial charge in [0.2, 0.25) is 5.95 Å². The summed E-state index contributed by atoms with van der Waals surface area (Å²) < 4.78 is 7.52. The molecule has 0 saturated heterocycles. The van der Waals surface area contributed by atoms with E-state index in [1.54, 1.807) is 7.11 Å². The van der Waals surface area contributed by atoms with E-state index in [0.29, 0.717) is 24.1 Å². The number of methoxy groups -OCH3 is 1. The second-order valence-corrected chi connectivity index (χ2v) is 9.44. The Morgan fingerprint density at radius 3 is 2.40 bits per heavy atom. The van der Waals surface area contributed by atoms with Gasteiger partial charge in [-0.1, -0.05) is 25.0 Å². The minimum atomic E-state index is 0. The molecule has 0 radical (unpaired) electrons. The molecule has 2 aliphatic rings. The highest BCUT2D eigenvalue weighted by molar-refractivity contribution is 5.86. The van der Waals surface area contributed by atoms with E-state index in [4.69, 9.17) is 25.4 Å². The van der Waals surface area contributed by atoms with Crippen molar-refractivity contribution in [3.8, 4) is 5.75 Å². The van der Waals surface area contributed by atoms with Gasteiger partial charge < -0.3 is 25.7 Å². The van der Waals surface area contributed by atoms with Crippen LogP contribution in [0.15, 0.2) is 30.6 Å². The molecule has 0 atom stereocenters. The number of nitrogens with two attached hydrogens (primary N) is 1. The molecular weight excluding hydrogens is 485 g/mol. The molecule has 0 unspecified atom stereocenters. The van der Waals surface area contributed by atoms with Crippen LogP contribution < -0.4 is 21.1 Å². The largest absolute Gasteiger partial charge is 0.497 e. The number of aromatic nitrogens is 4. The molecule has 5 rings (SSSR count). The molecular formula is C25H37Cl2N7O. The highest BCUT2D eigenvalue weighted by atomic mass is 35.5. The molecule has 2 saturated carbocycles. The van der Waals surface area contributed by atoms with Gasteiger partial charge in [0.25, 0.3) is 0 Å². The maximum Gasteiger partial charge on any atom is 0.227 e. The number of hydrogen-bond donors (Lipinski definition) is 3. The van der Waals surface area contributed by atoms with Gasteiger partial charge in [0.05, 0.1) is 13.4 Å². The lowest BCUT2D eigenvalue weighted by Crippen LogP contribution is -2.33. The molecule has 2 fully saturated rings. The average molecular weight is 523 g/mol. The third kappa shape index (κ3) is 6.48. The van der Waals surface area contributed by atoms with Crippen LogP contribution in [0.2, 0.25) is 0 Å². The van der Waals surface area contributed by atoms with Crippen molar-refractivity contribution in [2.45, 2.75) is 75.9 Å². The summed E-state index contributed by atoms with van der Waals surface area (Å²) in [5.74, 6) is 2.37. The molecule has 2 aliphatic carbocycles. The Morgan fingerprint density at radius 1 is 1.00 bits per heavy atom. The van der Waals surface area contributed by atoms with Crippen LogP contribution in [-0.2, 0) is 6.42 Å². The molecule has 0 bridgehead atoms. The molecule has 1 aromatic carbocycles. The quantitative estimate of drug-likeness (QED) is 0.377. The zero-order valence-electron chi connectivity index (χ0n) is 20.3. The summed E-state index contributed by atoms with van der Waals surface area (Å²) in [4.78, 5) is 14.5. The zero-order valence-corrected chi connectivity index (χ0v) is 21.9. The Labute approximate surface area is 219 Å². The highest BCUT2D eigenvalue weighted by Gasteiger charge is 2.23. The highest BCUT2D eigenvalue weighted by Crippen LogP contribution is 2.33. The molecule has 10 heteroatoms. The number of halogens is 2. The van der Waals surface area contributed by atoms with Crippen molar-refractivity contribution in [2.75, 3.05) is 24.3 Å². The number of nitrogens with zero attached hydrogens (tertiary/aromatic N) is 4. The van der Waals surface area contributed by atoms with Crippen LogP contribution in [-0.4, -0.2) is 45.3 Å². The van der Waals surface area contributed by atoms with Gasteiger partial charge in [-0.2, -0.15) is 9.97 Å². The van der Waals surface area contributed by atoms with Gasteiger partial charge in [-0.3, -0.25) is 0 Å². The molecule has 4 N–H and O–H groups in total. The number of nitrogens with one attached hydrogen (secondary N) is 2. The Morgan fingerprint density at radius 2 is 1.71 bits per heavy atom. The Kier molecular flexibility index (Phi) is 9.83. The zero-order chi connectivity index (χ0) is 22.6. The molecule has 0 spiro atoms. The van der Waals surface area contributed by atoms with Crippen LogP contribution in [0.4, 0.5) is 11.8 Å². The van der Waals surface area contributed by atoms with E-state index in [-0.39, 0.29) is 24.8 Å². The van der Waals surface area contributed by atoms with Crippen LogP contribution in [0.5, 0.6) is 5.75 Å². The maximum atomic E-state index is 6.10. The lowest BCUT2D eigenvalue weighted by atomic mass is 9.92. The number of rotatable bonds is 8. The van der Waals surface area contributed by atoms with Gasteiger partial charge in [-0.05, 0) is 62.6 Å². The first-order valence-corrected chi connectivity index (χ1v) is 12.3. The Hall–Kier alpha value is -2.29. The van der Waals surface area contributed by atoms with Crippen molar-refractivity contribution in [1.29, 1.82) is 0 Å². The van der Waals surface area contributed by atoms with E-state index in [2.05, 4.69) is 27.3 Å². The van der Waals surface area contributed by atoms with Crippen LogP contribution in [0.25, 0.3) is 11.2 Å². The van der Waals surface area contributed by atoms with Gasteiger partial charge >= 0.3 is 0 Å². The number of imidazole rings is 1. The lowest BCUT2D eigenvalue weighted by molar-refractivity contribution is 0.410. The van der Waals surface area contributed by atoms with E-state index >= 15 is 0 Å². The van der Waals surface area contributed by atoms with Crippen LogP contribution in [0.3, 0.4) is 0 Å². The maximum absolute atomic E-state index is 6.10. The number of benzene rings is 1. The molecule has 0 aliphatic heterocycles. The third-order valence-electron chi connectivity index (χ3n) is 7.11. The minimum Gasteiger partial charge on any atom is -0.497 e. The fraction of sp³-hybridized carbons (Fsp3) is 0.560. The predicted octanol–water partition coefficient (Wildman–Crippen LogP) is 5.13. The fourth-order valence-electron chi connectivity index (χ4n) is 5.12. The summed E-state index contributed by atoms with van der Waals surface area (Å²) in [6.07, 6.45) is 12.0. The van der Waals surface area contributed by atoms with E-state index in [1.165, 1.54) is 31.2 Å². The van der Waals surface area contributed by atoms with Crippen molar-refractivity contribution in [1.82, 2.24) is 19.5 Å². The SMILES string of the molecule is COc1ccc(CCNc2nc(N[C@H]3CC[C@H](N)CC3)nc3c2ncn3C2CCCC2)cc1.Cl.Cl. The predicted molar refractivity (Wildman–Crippen MR) is 146 cm³/mol. The first-order chi connectivity index (χ1) is 16.2. The van der Waals surface area contributed by atoms with Crippen LogP contribution >= 0.6 is 24.8 Å². The molecule has 35 heavy (non-hydrogen) atoms. The molecule has 3 aromatic rings. The van der Waals surface area contributed by atoms with Gasteiger partial charge in [0.15, 0.2) is 17.0 Å². The third-order valence-corrected chi connectivity index (χ3v) is 7.11. The van der Waals surface area contributed by atoms with Crippen molar-refractivity contribution in [2.24, 2.45) is 5.73 Å². The minimum absolute atomic E-state index is 0. The summed E-state index contributed by atoms with van der Waals surface area (Å²) in [6, 6.07) is 9.39. The Bertz CT molecular complexity index is 1060. The topological polar surface area (TPSA) is 103 Å². The summed E-state index contributed by atoms with van der Waals surface area (Å²) in [5.41, 5.74) is 9.13. The number of fused-ring (bicyclic) bond motifs is 1. The first-order valence-electron chi connectivity index (χ1n) is 12.3. The monoisotopic (exact) mass is 521 g/mol. The van der Waals surface area contributed by atoms with Gasteiger partial charge in [-0.15, -0.1) is 24.8 Å². The van der Waals surface area contributed by atoms with Gasteiger partial charge in [-0.25, -0.2) is 4.98 Å². The summed E-state index contributed by atoms with van der Waals surface area (Å²) in [7, 11) is 1.69. The van der Waals surface area contributed by atoms with Crippen molar-refractivity contribution in [3.05, 3.63) is 36.2 Å². The number of anilines is 2. The van der Waals surface area contributed by atoms with Gasteiger partial charge in [0.1, 0.15) is 5.75 Å². The molecule has 192 valence electrons. The fourth-order valence-corrected chi connectivity index (χ4v) is 5.12. The van der Waals surface area contributed by atoms with Crippen molar-refractivity contribution in [3.63, 3.8) is 0 Å². The molecule has 0 amide bonds. The second kappa shape index (κ2) is 12.6. The summed E-state index contributed by atoms with van der Waals surface area (Å²) in [5, 5.41) is 7.12. The van der Waals surface area contributed by atoms with E-state index in [0.717, 1.165) is 61.4 Å². The summed E-state index contributed by atoms with van der Waals surface area (Å²) in [6.45, 7) is 0.770. The van der Waals surface area contributed by atoms with Gasteiger partial charge in [0, 0.05) is 24.7 Å². The second-order valence-electron chi connectivity index (χ2n) is 9.44. The van der Waals surface area contributed by atoms with Crippen LogP contribution in [0, 0.1) is 0 Å². The standard InChI is InChI=1S/C25H35N7O.2ClH/c1-33-21-12-6-17(7-13-21)14-15-27-23-22-24(32(16-28-22)20-4-2-3-5-20)31-25(30-23)29-19-10-8-18(26)9-11-19;;/h6-7,12-13,16,18-20H,2-5,8-11,14-15,26H2,1H3,(H2,27,29,30,31);2*1H/t18-,19-;;. The molecule has 2 aromatic heterocycles. The number of hydrogen-bond acceptors (Lipinski definition) is 7.